The Morgan fingerprint density at radius 1 is 1.30 bits per heavy atom. The number of carboxylic acids is 1. The molecule has 20 heavy (non-hydrogen) atoms. The van der Waals surface area contributed by atoms with Crippen LogP contribution in [0.1, 0.15) is 45.4 Å². The molecule has 5 N–H and O–H groups in total. The van der Waals surface area contributed by atoms with Gasteiger partial charge in [-0.05, 0) is 38.7 Å². The van der Waals surface area contributed by atoms with Crippen LogP contribution in [0.25, 0.3) is 0 Å². The van der Waals surface area contributed by atoms with Crippen molar-refractivity contribution in [3.8, 4) is 0 Å². The number of carbonyl (C=O) groups is 1. The minimum Gasteiger partial charge on any atom is -0.480 e. The molecule has 118 valence electrons. The first kappa shape index (κ1) is 19.4. The fourth-order valence-electron chi connectivity index (χ4n) is 2.01. The van der Waals surface area contributed by atoms with E-state index < -0.39 is 19.1 Å². The Balaban J connectivity index is 0.000000441. The number of piperidine rings is 1. The predicted octanol–water partition coefficient (Wildman–Crippen LogP) is 0.534. The summed E-state index contributed by atoms with van der Waals surface area (Å²) < 4.78 is 0. The minimum atomic E-state index is -1.10. The van der Waals surface area contributed by atoms with Gasteiger partial charge in [0.1, 0.15) is 6.04 Å². The van der Waals surface area contributed by atoms with Gasteiger partial charge in [0.05, 0.1) is 0 Å². The maximum absolute atomic E-state index is 10.4. The molecule has 7 heteroatoms. The van der Waals surface area contributed by atoms with Crippen LogP contribution in [0.15, 0.2) is 0 Å². The largest absolute Gasteiger partial charge is 0.480 e. The summed E-state index contributed by atoms with van der Waals surface area (Å²) in [5, 5.41) is 25.0. The lowest BCUT2D eigenvalue weighted by molar-refractivity contribution is -0.138. The van der Waals surface area contributed by atoms with Crippen molar-refractivity contribution >= 4 is 13.1 Å². The summed E-state index contributed by atoms with van der Waals surface area (Å²) in [6.45, 7) is 5.05. The average molecular weight is 288 g/mol. The van der Waals surface area contributed by atoms with Crippen molar-refractivity contribution in [2.75, 3.05) is 19.6 Å². The second-order valence-corrected chi connectivity index (χ2v) is 5.26. The van der Waals surface area contributed by atoms with E-state index in [0.717, 1.165) is 32.5 Å². The number of hydrogen-bond donors (Lipinski definition) is 4. The molecule has 1 atom stereocenters. The van der Waals surface area contributed by atoms with Crippen molar-refractivity contribution in [2.24, 2.45) is 5.73 Å². The molecule has 0 saturated carbocycles. The highest BCUT2D eigenvalue weighted by molar-refractivity contribution is 6.40. The van der Waals surface area contributed by atoms with E-state index in [1.807, 2.05) is 6.92 Å². The summed E-state index contributed by atoms with van der Waals surface area (Å²) >= 11 is 0. The summed E-state index contributed by atoms with van der Waals surface area (Å²) in [5.74, 6) is -0.892. The van der Waals surface area contributed by atoms with Crippen LogP contribution in [-0.4, -0.2) is 58.8 Å². The fourth-order valence-corrected chi connectivity index (χ4v) is 2.01. The smallest absolute Gasteiger partial charge is 0.451 e. The van der Waals surface area contributed by atoms with Gasteiger partial charge in [-0.2, -0.15) is 0 Å². The average Bonchev–Trinajstić information content (AvgIpc) is 2.44. The summed E-state index contributed by atoms with van der Waals surface area (Å²) in [6, 6.07) is -0.693. The normalized spacial score (nSPS) is 17.0. The Labute approximate surface area is 122 Å². The maximum Gasteiger partial charge on any atom is 0.451 e. The monoisotopic (exact) mass is 288 g/mol. The molecule has 0 aromatic carbocycles. The van der Waals surface area contributed by atoms with E-state index >= 15 is 0 Å². The van der Waals surface area contributed by atoms with Gasteiger partial charge in [-0.3, -0.25) is 4.79 Å². The first-order valence-corrected chi connectivity index (χ1v) is 7.54. The summed E-state index contributed by atoms with van der Waals surface area (Å²) in [7, 11) is -1.10. The first-order valence-electron chi connectivity index (χ1n) is 7.54. The maximum atomic E-state index is 10.4. The van der Waals surface area contributed by atoms with Crippen LogP contribution in [-0.2, 0) is 4.79 Å². The van der Waals surface area contributed by atoms with E-state index in [9.17, 15) is 4.79 Å². The van der Waals surface area contributed by atoms with Crippen molar-refractivity contribution < 1.29 is 19.9 Å². The fraction of sp³-hybridized carbons (Fsp3) is 0.923. The Bertz CT molecular complexity index is 249. The third-order valence-electron chi connectivity index (χ3n) is 3.34. The first-order chi connectivity index (χ1) is 9.47. The molecule has 0 aromatic rings. The van der Waals surface area contributed by atoms with Gasteiger partial charge >= 0.3 is 13.1 Å². The minimum absolute atomic E-state index is 0.510. The van der Waals surface area contributed by atoms with Crippen LogP contribution >= 0.6 is 0 Å². The van der Waals surface area contributed by atoms with Crippen LogP contribution in [0, 0.1) is 0 Å². The molecule has 0 aromatic heterocycles. The Morgan fingerprint density at radius 3 is 2.30 bits per heavy atom. The number of carboxylic acid groups (broad SMARTS) is 1. The van der Waals surface area contributed by atoms with E-state index in [-0.39, 0.29) is 0 Å². The quantitative estimate of drug-likeness (QED) is 0.509. The number of rotatable bonds is 7. The van der Waals surface area contributed by atoms with Gasteiger partial charge in [-0.1, -0.05) is 26.2 Å². The van der Waals surface area contributed by atoms with Gasteiger partial charge in [-0.15, -0.1) is 0 Å². The molecule has 1 unspecified atom stereocenters. The van der Waals surface area contributed by atoms with Crippen LogP contribution in [0.5, 0.6) is 0 Å². The predicted molar refractivity (Wildman–Crippen MR) is 80.4 cm³/mol. The summed E-state index contributed by atoms with van der Waals surface area (Å²) in [5.41, 5.74) is 5.41. The second-order valence-electron chi connectivity index (χ2n) is 5.26. The molecule has 1 heterocycles. The van der Waals surface area contributed by atoms with Gasteiger partial charge in [-0.25, -0.2) is 0 Å². The lowest BCUT2D eigenvalue weighted by Crippen LogP contribution is -2.37. The van der Waals surface area contributed by atoms with Crippen LogP contribution in [0.3, 0.4) is 0 Å². The van der Waals surface area contributed by atoms with Crippen molar-refractivity contribution in [3.63, 3.8) is 0 Å². The number of aliphatic carboxylic acids is 1. The molecule has 1 saturated heterocycles. The molecule has 1 aliphatic rings. The number of likely N-dealkylation sites (tertiary alicyclic amines) is 1. The van der Waals surface area contributed by atoms with Gasteiger partial charge in [0.2, 0.25) is 0 Å². The van der Waals surface area contributed by atoms with E-state index in [0.29, 0.717) is 12.7 Å². The van der Waals surface area contributed by atoms with E-state index in [4.69, 9.17) is 20.9 Å². The molecular formula is C13H29BN2O4. The number of nitrogens with zero attached hydrogens (tertiary/aromatic N) is 1. The zero-order valence-corrected chi connectivity index (χ0v) is 12.5. The zero-order valence-electron chi connectivity index (χ0n) is 12.5. The van der Waals surface area contributed by atoms with Crippen molar-refractivity contribution in [1.29, 1.82) is 0 Å². The molecule has 0 amide bonds. The number of nitrogens with two attached hydrogens (primary N) is 1. The van der Waals surface area contributed by atoms with Gasteiger partial charge < -0.3 is 25.8 Å². The molecule has 0 aliphatic carbocycles. The van der Waals surface area contributed by atoms with Crippen LogP contribution < -0.4 is 5.73 Å². The van der Waals surface area contributed by atoms with Crippen LogP contribution in [0.2, 0.25) is 6.32 Å². The van der Waals surface area contributed by atoms with Crippen molar-refractivity contribution in [1.82, 2.24) is 4.90 Å². The standard InChI is InChI=1S/C9H18N2O2.C4H11BO2/c10-8(9(12)13)4-7-11-5-2-1-3-6-11;1-2-3-4-5(6)7/h8H,1-7,10H2,(H,12,13);6-7H,2-4H2,1H3. The van der Waals surface area contributed by atoms with Crippen molar-refractivity contribution in [3.05, 3.63) is 0 Å². The Morgan fingerprint density at radius 2 is 1.90 bits per heavy atom. The third kappa shape index (κ3) is 11.2. The summed E-state index contributed by atoms with van der Waals surface area (Å²) in [4.78, 5) is 12.7. The summed E-state index contributed by atoms with van der Waals surface area (Å²) in [6.07, 6.45) is 6.78. The van der Waals surface area contributed by atoms with Crippen molar-refractivity contribution in [2.45, 2.75) is 57.8 Å². The SMILES string of the molecule is CCCCB(O)O.NC(CCN1CCCCC1)C(=O)O. The Hall–Kier alpha value is -0.625. The second kappa shape index (κ2) is 12.1. The van der Waals surface area contributed by atoms with Gasteiger partial charge in [0, 0.05) is 6.54 Å². The van der Waals surface area contributed by atoms with E-state index in [1.165, 1.54) is 19.3 Å². The molecule has 1 fully saturated rings. The number of hydrogen-bond acceptors (Lipinski definition) is 5. The van der Waals surface area contributed by atoms with Gasteiger partial charge in [0.25, 0.3) is 0 Å². The molecule has 0 bridgehead atoms. The highest BCUT2D eigenvalue weighted by atomic mass is 16.4. The highest BCUT2D eigenvalue weighted by Gasteiger charge is 2.15. The topological polar surface area (TPSA) is 107 Å². The molecule has 6 nitrogen and oxygen atoms in total. The highest BCUT2D eigenvalue weighted by Crippen LogP contribution is 2.09. The zero-order chi connectivity index (χ0) is 15.4. The molecule has 1 rings (SSSR count). The van der Waals surface area contributed by atoms with E-state index in [2.05, 4.69) is 4.90 Å². The molecular weight excluding hydrogens is 259 g/mol. The van der Waals surface area contributed by atoms with E-state index in [1.54, 1.807) is 0 Å². The lowest BCUT2D eigenvalue weighted by Gasteiger charge is -2.26. The molecule has 0 spiro atoms. The lowest BCUT2D eigenvalue weighted by atomic mass is 9.84. The molecule has 1 aliphatic heterocycles. The van der Waals surface area contributed by atoms with Gasteiger partial charge in [0.15, 0.2) is 0 Å². The number of unbranched alkanes of at least 4 members (excludes halogenated alkanes) is 1. The Kier molecular flexibility index (Phi) is 11.8. The molecule has 0 radical (unpaired) electrons. The third-order valence-corrected chi connectivity index (χ3v) is 3.34. The van der Waals surface area contributed by atoms with Crippen LogP contribution in [0.4, 0.5) is 0 Å².